The first-order chi connectivity index (χ1) is 20.4. The van der Waals surface area contributed by atoms with Gasteiger partial charge in [-0.05, 0) is 72.8 Å². The molecule has 240 valence electrons. The van der Waals surface area contributed by atoms with Gasteiger partial charge < -0.3 is 9.84 Å². The molecular weight excluding hydrogens is 588 g/mol. The number of phenolic OH excluding ortho intramolecular Hbond substituents is 1. The summed E-state index contributed by atoms with van der Waals surface area (Å²) < 4.78 is 62.0. The number of ether oxygens (including phenoxy) is 1. The fraction of sp³-hybridized carbons (Fsp3) is 0.294. The van der Waals surface area contributed by atoms with Gasteiger partial charge in [-0.3, -0.25) is 0 Å². The molecule has 43 heavy (non-hydrogen) atoms. The van der Waals surface area contributed by atoms with E-state index in [0.29, 0.717) is 11.5 Å². The van der Waals surface area contributed by atoms with Crippen LogP contribution in [0.5, 0.6) is 17.2 Å². The van der Waals surface area contributed by atoms with Crippen LogP contribution in [0.3, 0.4) is 0 Å². The summed E-state index contributed by atoms with van der Waals surface area (Å²) in [5, 5.41) is 8.63. The molecule has 0 aliphatic heterocycles. The Morgan fingerprint density at radius 3 is 1.09 bits per heavy atom. The highest BCUT2D eigenvalue weighted by Crippen LogP contribution is 2.22. The van der Waals surface area contributed by atoms with Gasteiger partial charge in [0, 0.05) is 12.5 Å². The summed E-state index contributed by atoms with van der Waals surface area (Å²) >= 11 is 0. The van der Waals surface area contributed by atoms with Crippen LogP contribution < -0.4 is 4.74 Å². The van der Waals surface area contributed by atoms with Crippen LogP contribution in [-0.4, -0.2) is 34.5 Å². The first-order valence-corrected chi connectivity index (χ1v) is 18.0. The lowest BCUT2D eigenvalue weighted by Gasteiger charge is -2.05. The topological polar surface area (TPSA) is 97.7 Å². The van der Waals surface area contributed by atoms with Crippen molar-refractivity contribution in [1.29, 1.82) is 0 Å². The SMILES string of the molecule is CC.CC.CC.CC.CS(=O)(=O)c1ccc(F)cc1.CS(=O)(=O)c1ccc(Oc2ccccc2)cc1.Oc1ccccc1. The number of hydrogen-bond donors (Lipinski definition) is 1. The minimum Gasteiger partial charge on any atom is -0.508 e. The zero-order chi connectivity index (χ0) is 33.9. The molecular formula is C34H49FO6S2. The Morgan fingerprint density at radius 2 is 0.791 bits per heavy atom. The average molecular weight is 637 g/mol. The molecule has 4 aromatic rings. The zero-order valence-electron chi connectivity index (χ0n) is 27.1. The van der Waals surface area contributed by atoms with Gasteiger partial charge in [-0.1, -0.05) is 91.8 Å². The molecule has 0 atom stereocenters. The minimum atomic E-state index is -3.19. The summed E-state index contributed by atoms with van der Waals surface area (Å²) in [4.78, 5) is 0.428. The van der Waals surface area contributed by atoms with E-state index in [1.165, 1.54) is 30.5 Å². The van der Waals surface area contributed by atoms with Gasteiger partial charge in [0.05, 0.1) is 9.79 Å². The molecule has 0 bridgehead atoms. The van der Waals surface area contributed by atoms with Gasteiger partial charge in [-0.15, -0.1) is 0 Å². The van der Waals surface area contributed by atoms with E-state index in [9.17, 15) is 21.2 Å². The molecule has 6 nitrogen and oxygen atoms in total. The normalized spacial score (nSPS) is 9.28. The van der Waals surface area contributed by atoms with Crippen LogP contribution in [0.2, 0.25) is 0 Å². The quantitative estimate of drug-likeness (QED) is 0.224. The van der Waals surface area contributed by atoms with E-state index in [1.54, 1.807) is 36.4 Å². The van der Waals surface area contributed by atoms with Crippen molar-refractivity contribution in [3.63, 3.8) is 0 Å². The van der Waals surface area contributed by atoms with Gasteiger partial charge in [0.15, 0.2) is 19.7 Å². The van der Waals surface area contributed by atoms with Crippen LogP contribution >= 0.6 is 0 Å². The molecule has 0 unspecified atom stereocenters. The first kappa shape index (κ1) is 43.8. The van der Waals surface area contributed by atoms with Crippen molar-refractivity contribution in [2.24, 2.45) is 0 Å². The molecule has 0 aliphatic carbocycles. The Kier molecular flexibility index (Phi) is 26.4. The lowest BCUT2D eigenvalue weighted by Crippen LogP contribution is -1.96. The van der Waals surface area contributed by atoms with Crippen molar-refractivity contribution < 1.29 is 31.1 Å². The van der Waals surface area contributed by atoms with E-state index in [0.717, 1.165) is 24.1 Å². The molecule has 0 saturated carbocycles. The van der Waals surface area contributed by atoms with Crippen molar-refractivity contribution in [2.75, 3.05) is 12.5 Å². The highest BCUT2D eigenvalue weighted by atomic mass is 32.2. The molecule has 9 heteroatoms. The molecule has 4 aromatic carbocycles. The van der Waals surface area contributed by atoms with E-state index in [2.05, 4.69) is 0 Å². The lowest BCUT2D eigenvalue weighted by atomic mass is 10.3. The second kappa shape index (κ2) is 26.0. The summed E-state index contributed by atoms with van der Waals surface area (Å²) in [7, 11) is -6.33. The monoisotopic (exact) mass is 636 g/mol. The fourth-order valence-electron chi connectivity index (χ4n) is 2.49. The summed E-state index contributed by atoms with van der Waals surface area (Å²) in [5.41, 5.74) is 0. The van der Waals surface area contributed by atoms with Crippen LogP contribution in [0.15, 0.2) is 119 Å². The molecule has 0 heterocycles. The van der Waals surface area contributed by atoms with Crippen LogP contribution in [0.1, 0.15) is 55.4 Å². The van der Waals surface area contributed by atoms with Gasteiger partial charge in [-0.2, -0.15) is 0 Å². The summed E-state index contributed by atoms with van der Waals surface area (Å²) in [6.45, 7) is 16.0. The third-order valence-corrected chi connectivity index (χ3v) is 6.49. The van der Waals surface area contributed by atoms with E-state index in [1.807, 2.05) is 91.8 Å². The number of halogens is 1. The Labute approximate surface area is 260 Å². The second-order valence-electron chi connectivity index (χ2n) is 7.22. The highest BCUT2D eigenvalue weighted by molar-refractivity contribution is 7.91. The number of benzene rings is 4. The van der Waals surface area contributed by atoms with Gasteiger partial charge in [0.2, 0.25) is 0 Å². The lowest BCUT2D eigenvalue weighted by molar-refractivity contribution is 0.475. The smallest absolute Gasteiger partial charge is 0.175 e. The maximum absolute atomic E-state index is 12.3. The molecule has 0 saturated heterocycles. The van der Waals surface area contributed by atoms with Gasteiger partial charge in [0.1, 0.15) is 23.1 Å². The number of para-hydroxylation sites is 2. The second-order valence-corrected chi connectivity index (χ2v) is 11.3. The Morgan fingerprint density at radius 1 is 0.488 bits per heavy atom. The minimum absolute atomic E-state index is 0.138. The van der Waals surface area contributed by atoms with Crippen LogP contribution in [0.25, 0.3) is 0 Å². The number of hydrogen-bond acceptors (Lipinski definition) is 6. The van der Waals surface area contributed by atoms with Crippen molar-refractivity contribution in [1.82, 2.24) is 0 Å². The van der Waals surface area contributed by atoms with Crippen LogP contribution in [0, 0.1) is 5.82 Å². The van der Waals surface area contributed by atoms with E-state index in [-0.39, 0.29) is 9.79 Å². The van der Waals surface area contributed by atoms with Crippen molar-refractivity contribution in [2.45, 2.75) is 65.2 Å². The average Bonchev–Trinajstić information content (AvgIpc) is 3.02. The van der Waals surface area contributed by atoms with Gasteiger partial charge in [-0.25, -0.2) is 21.2 Å². The van der Waals surface area contributed by atoms with Crippen molar-refractivity contribution >= 4 is 19.7 Å². The van der Waals surface area contributed by atoms with E-state index < -0.39 is 25.5 Å². The molecule has 0 aliphatic rings. The first-order valence-electron chi connectivity index (χ1n) is 14.2. The van der Waals surface area contributed by atoms with E-state index in [4.69, 9.17) is 9.84 Å². The summed E-state index contributed by atoms with van der Waals surface area (Å²) in [5.74, 6) is 1.23. The van der Waals surface area contributed by atoms with Crippen LogP contribution in [0.4, 0.5) is 4.39 Å². The van der Waals surface area contributed by atoms with Gasteiger partial charge in [0.25, 0.3) is 0 Å². The number of rotatable bonds is 4. The highest BCUT2D eigenvalue weighted by Gasteiger charge is 2.07. The summed E-state index contributed by atoms with van der Waals surface area (Å²) in [6, 6.07) is 29.1. The molecule has 0 spiro atoms. The Hall–Kier alpha value is -3.69. The fourth-order valence-corrected chi connectivity index (χ4v) is 3.75. The van der Waals surface area contributed by atoms with Crippen LogP contribution in [-0.2, 0) is 19.7 Å². The van der Waals surface area contributed by atoms with Crippen molar-refractivity contribution in [3.8, 4) is 17.2 Å². The molecule has 0 aromatic heterocycles. The molecule has 0 amide bonds. The number of phenols is 1. The third-order valence-electron chi connectivity index (χ3n) is 4.23. The van der Waals surface area contributed by atoms with Crippen molar-refractivity contribution in [3.05, 3.63) is 115 Å². The molecule has 0 fully saturated rings. The maximum atomic E-state index is 12.3. The molecule has 1 N–H and O–H groups in total. The Balaban J connectivity index is -0.000000531. The Bertz CT molecular complexity index is 1390. The number of sulfone groups is 2. The third kappa shape index (κ3) is 21.6. The van der Waals surface area contributed by atoms with E-state index >= 15 is 0 Å². The zero-order valence-corrected chi connectivity index (χ0v) is 28.7. The maximum Gasteiger partial charge on any atom is 0.175 e. The number of aromatic hydroxyl groups is 1. The summed E-state index contributed by atoms with van der Waals surface area (Å²) in [6.07, 6.45) is 2.26. The standard InChI is InChI=1S/C13H12O3S.C7H7FO2S.C6H6O.4C2H6/c1-17(14,15)13-9-7-12(8-10-13)16-11-5-3-2-4-6-11;1-11(9,10)7-4-2-6(8)3-5-7;7-6-4-2-1-3-5-6;4*1-2/h2-10H,1H3;2-5H,1H3;1-5,7H;4*1-2H3. The molecule has 0 radical (unpaired) electrons. The largest absolute Gasteiger partial charge is 0.508 e. The predicted octanol–water partition coefficient (Wildman–Crippen LogP) is 9.61. The molecule has 4 rings (SSSR count). The van der Waals surface area contributed by atoms with Gasteiger partial charge >= 0.3 is 0 Å². The predicted molar refractivity (Wildman–Crippen MR) is 179 cm³/mol.